The van der Waals surface area contributed by atoms with Crippen LogP contribution in [-0.4, -0.2) is 54.3 Å². The second-order valence-electron chi connectivity index (χ2n) is 6.87. The predicted molar refractivity (Wildman–Crippen MR) is 85.8 cm³/mol. The Kier molecular flexibility index (Phi) is 5.30. The second-order valence-corrected chi connectivity index (χ2v) is 6.87. The fourth-order valence-electron chi connectivity index (χ4n) is 3.75. The zero-order valence-corrected chi connectivity index (χ0v) is 13.7. The van der Waals surface area contributed by atoms with E-state index in [0.717, 1.165) is 38.4 Å². The van der Waals surface area contributed by atoms with Crippen molar-refractivity contribution in [2.75, 3.05) is 44.2 Å². The Morgan fingerprint density at radius 1 is 1.08 bits per heavy atom. The van der Waals surface area contributed by atoms with Crippen LogP contribution in [-0.2, 0) is 6.18 Å². The zero-order valence-electron chi connectivity index (χ0n) is 13.7. The average molecular weight is 343 g/mol. The Bertz CT molecular complexity index is 529. The number of nitrogens with zero attached hydrogens (tertiary/aromatic N) is 3. The van der Waals surface area contributed by atoms with Crippen molar-refractivity contribution in [3.8, 4) is 0 Å². The maximum atomic E-state index is 12.6. The van der Waals surface area contributed by atoms with Crippen molar-refractivity contribution >= 4 is 5.82 Å². The molecule has 0 spiro atoms. The molecular formula is C17H24F3N3O. The summed E-state index contributed by atoms with van der Waals surface area (Å²) in [5, 5.41) is 9.67. The first-order valence-corrected chi connectivity index (χ1v) is 8.59. The molecule has 134 valence electrons. The van der Waals surface area contributed by atoms with Gasteiger partial charge in [-0.05, 0) is 44.0 Å². The van der Waals surface area contributed by atoms with Crippen molar-refractivity contribution < 1.29 is 18.3 Å². The Labute approximate surface area is 140 Å². The fourth-order valence-corrected chi connectivity index (χ4v) is 3.75. The number of piperidine rings is 1. The minimum absolute atomic E-state index is 0.107. The number of likely N-dealkylation sites (tertiary alicyclic amines) is 1. The molecule has 24 heavy (non-hydrogen) atoms. The molecule has 2 atom stereocenters. The van der Waals surface area contributed by atoms with Gasteiger partial charge in [-0.2, -0.15) is 13.2 Å². The Balaban J connectivity index is 1.64. The van der Waals surface area contributed by atoms with Crippen molar-refractivity contribution in [1.29, 1.82) is 0 Å². The van der Waals surface area contributed by atoms with E-state index in [0.29, 0.717) is 18.3 Å². The molecule has 0 radical (unpaired) electrons. The average Bonchev–Trinajstić information content (AvgIpc) is 2.98. The highest BCUT2D eigenvalue weighted by atomic mass is 19.4. The van der Waals surface area contributed by atoms with Gasteiger partial charge in [0, 0.05) is 38.4 Å². The number of rotatable bonds is 4. The molecule has 0 unspecified atom stereocenters. The number of anilines is 1. The van der Waals surface area contributed by atoms with Crippen LogP contribution in [0.5, 0.6) is 0 Å². The third-order valence-corrected chi connectivity index (χ3v) is 5.15. The monoisotopic (exact) mass is 343 g/mol. The van der Waals surface area contributed by atoms with E-state index in [9.17, 15) is 18.3 Å². The molecule has 0 saturated carbocycles. The van der Waals surface area contributed by atoms with Gasteiger partial charge in [-0.25, -0.2) is 4.98 Å². The molecule has 4 nitrogen and oxygen atoms in total. The van der Waals surface area contributed by atoms with E-state index in [1.165, 1.54) is 25.3 Å². The number of halogens is 3. The van der Waals surface area contributed by atoms with E-state index in [4.69, 9.17) is 0 Å². The lowest BCUT2D eigenvalue weighted by Crippen LogP contribution is -2.37. The fraction of sp³-hybridized carbons (Fsp3) is 0.706. The lowest BCUT2D eigenvalue weighted by molar-refractivity contribution is -0.137. The summed E-state index contributed by atoms with van der Waals surface area (Å²) in [6, 6.07) is 2.51. The van der Waals surface area contributed by atoms with Gasteiger partial charge in [0.2, 0.25) is 0 Å². The molecule has 0 amide bonds. The van der Waals surface area contributed by atoms with Crippen LogP contribution in [0, 0.1) is 11.8 Å². The van der Waals surface area contributed by atoms with E-state index in [1.54, 1.807) is 0 Å². The maximum absolute atomic E-state index is 12.6. The second kappa shape index (κ2) is 7.27. The van der Waals surface area contributed by atoms with Crippen LogP contribution in [0.1, 0.15) is 24.8 Å². The molecule has 0 aromatic carbocycles. The molecule has 3 rings (SSSR count). The van der Waals surface area contributed by atoms with E-state index < -0.39 is 11.7 Å². The first kappa shape index (κ1) is 17.5. The number of alkyl halides is 3. The van der Waals surface area contributed by atoms with Gasteiger partial charge < -0.3 is 14.9 Å². The van der Waals surface area contributed by atoms with Gasteiger partial charge in [0.25, 0.3) is 0 Å². The quantitative estimate of drug-likeness (QED) is 0.912. The minimum atomic E-state index is -4.36. The molecule has 7 heteroatoms. The van der Waals surface area contributed by atoms with Gasteiger partial charge >= 0.3 is 6.18 Å². The van der Waals surface area contributed by atoms with E-state index in [2.05, 4.69) is 9.88 Å². The van der Waals surface area contributed by atoms with Crippen LogP contribution in [0.4, 0.5) is 19.0 Å². The highest BCUT2D eigenvalue weighted by Crippen LogP contribution is 2.32. The summed E-state index contributed by atoms with van der Waals surface area (Å²) >= 11 is 0. The molecule has 2 fully saturated rings. The molecule has 2 aliphatic heterocycles. The molecule has 2 saturated heterocycles. The number of pyridine rings is 1. The van der Waals surface area contributed by atoms with Crippen LogP contribution in [0.3, 0.4) is 0 Å². The Hall–Kier alpha value is -1.34. The first-order chi connectivity index (χ1) is 11.5. The highest BCUT2D eigenvalue weighted by molar-refractivity contribution is 5.41. The Morgan fingerprint density at radius 3 is 2.38 bits per heavy atom. The minimum Gasteiger partial charge on any atom is -0.396 e. The van der Waals surface area contributed by atoms with Gasteiger partial charge in [-0.1, -0.05) is 6.42 Å². The van der Waals surface area contributed by atoms with Crippen molar-refractivity contribution in [3.05, 3.63) is 23.9 Å². The van der Waals surface area contributed by atoms with Crippen molar-refractivity contribution in [2.24, 2.45) is 11.8 Å². The number of aliphatic hydroxyl groups is 1. The van der Waals surface area contributed by atoms with Gasteiger partial charge in [0.05, 0.1) is 5.56 Å². The topological polar surface area (TPSA) is 39.6 Å². The normalized spacial score (nSPS) is 26.1. The summed E-state index contributed by atoms with van der Waals surface area (Å²) in [7, 11) is 0. The van der Waals surface area contributed by atoms with Crippen LogP contribution < -0.4 is 4.90 Å². The van der Waals surface area contributed by atoms with Crippen LogP contribution >= 0.6 is 0 Å². The summed E-state index contributed by atoms with van der Waals surface area (Å²) in [4.78, 5) is 8.43. The summed E-state index contributed by atoms with van der Waals surface area (Å²) in [5.41, 5.74) is -0.728. The predicted octanol–water partition coefficient (Wildman–Crippen LogP) is 2.63. The molecule has 1 aromatic rings. The standard InChI is InChI=1S/C17H24F3N3O/c18-17(19,20)15-4-5-16(21-8-15)23-10-13(14(11-23)12-24)9-22-6-2-1-3-7-22/h4-5,8,13-14,24H,1-3,6-7,9-12H2/t13-,14-/m0/s1. The van der Waals surface area contributed by atoms with Crippen molar-refractivity contribution in [1.82, 2.24) is 9.88 Å². The summed E-state index contributed by atoms with van der Waals surface area (Å²) < 4.78 is 37.9. The molecule has 2 aliphatic rings. The van der Waals surface area contributed by atoms with Gasteiger partial charge in [0.15, 0.2) is 0 Å². The molecule has 1 N–H and O–H groups in total. The molecule has 0 aliphatic carbocycles. The number of hydrogen-bond donors (Lipinski definition) is 1. The summed E-state index contributed by atoms with van der Waals surface area (Å²) in [6.07, 6.45) is 0.260. The van der Waals surface area contributed by atoms with Crippen molar-refractivity contribution in [3.63, 3.8) is 0 Å². The lowest BCUT2D eigenvalue weighted by Gasteiger charge is -2.30. The first-order valence-electron chi connectivity index (χ1n) is 8.59. The largest absolute Gasteiger partial charge is 0.417 e. The van der Waals surface area contributed by atoms with Crippen LogP contribution in [0.25, 0.3) is 0 Å². The Morgan fingerprint density at radius 2 is 1.79 bits per heavy atom. The molecule has 0 bridgehead atoms. The number of aliphatic hydroxyl groups excluding tert-OH is 1. The third-order valence-electron chi connectivity index (χ3n) is 5.15. The molecule has 1 aromatic heterocycles. The zero-order chi connectivity index (χ0) is 17.2. The smallest absolute Gasteiger partial charge is 0.396 e. The van der Waals surface area contributed by atoms with Crippen LogP contribution in [0.2, 0.25) is 0 Å². The van der Waals surface area contributed by atoms with E-state index in [-0.39, 0.29) is 12.5 Å². The third kappa shape index (κ3) is 4.00. The maximum Gasteiger partial charge on any atom is 0.417 e. The van der Waals surface area contributed by atoms with Gasteiger partial charge in [0.1, 0.15) is 5.82 Å². The summed E-state index contributed by atoms with van der Waals surface area (Å²) in [6.45, 7) is 4.64. The van der Waals surface area contributed by atoms with Crippen molar-refractivity contribution in [2.45, 2.75) is 25.4 Å². The van der Waals surface area contributed by atoms with E-state index in [1.807, 2.05) is 4.90 Å². The molecular weight excluding hydrogens is 319 g/mol. The van der Waals surface area contributed by atoms with Gasteiger partial charge in [-0.3, -0.25) is 0 Å². The lowest BCUT2D eigenvalue weighted by atomic mass is 9.95. The van der Waals surface area contributed by atoms with Gasteiger partial charge in [-0.15, -0.1) is 0 Å². The SMILES string of the molecule is OC[C@@H]1CN(c2ccc(C(F)(F)F)cn2)C[C@@H]1CN1CCCCC1. The number of aromatic nitrogens is 1. The molecule has 3 heterocycles. The highest BCUT2D eigenvalue weighted by Gasteiger charge is 2.35. The summed E-state index contributed by atoms with van der Waals surface area (Å²) in [5.74, 6) is 1.04. The number of hydrogen-bond acceptors (Lipinski definition) is 4. The van der Waals surface area contributed by atoms with Crippen LogP contribution in [0.15, 0.2) is 18.3 Å². The van der Waals surface area contributed by atoms with E-state index >= 15 is 0 Å².